The Morgan fingerprint density at radius 2 is 2.33 bits per heavy atom. The SMILES string of the molecule is O=C(O)c1cn(CCOCC2CCNCC2)nn1. The van der Waals surface area contributed by atoms with Gasteiger partial charge in [0.05, 0.1) is 19.3 Å². The van der Waals surface area contributed by atoms with Crippen LogP contribution in [0.3, 0.4) is 0 Å². The van der Waals surface area contributed by atoms with Gasteiger partial charge in [0.2, 0.25) is 0 Å². The lowest BCUT2D eigenvalue weighted by atomic mass is 9.99. The molecule has 100 valence electrons. The van der Waals surface area contributed by atoms with E-state index in [1.165, 1.54) is 10.9 Å². The molecule has 1 saturated heterocycles. The van der Waals surface area contributed by atoms with Gasteiger partial charge in [0.25, 0.3) is 0 Å². The number of aromatic carboxylic acids is 1. The first kappa shape index (κ1) is 13.0. The van der Waals surface area contributed by atoms with E-state index >= 15 is 0 Å². The molecule has 2 heterocycles. The van der Waals surface area contributed by atoms with Crippen LogP contribution < -0.4 is 5.32 Å². The lowest BCUT2D eigenvalue weighted by Gasteiger charge is -2.22. The molecule has 1 aliphatic heterocycles. The van der Waals surface area contributed by atoms with Crippen LogP contribution in [-0.2, 0) is 11.3 Å². The van der Waals surface area contributed by atoms with E-state index in [9.17, 15) is 4.79 Å². The Kier molecular flexibility index (Phi) is 4.66. The molecule has 0 aromatic carbocycles. The Bertz CT molecular complexity index is 387. The zero-order valence-electron chi connectivity index (χ0n) is 10.2. The second-order valence-electron chi connectivity index (χ2n) is 4.44. The maximum absolute atomic E-state index is 10.6. The summed E-state index contributed by atoms with van der Waals surface area (Å²) in [4.78, 5) is 10.6. The molecule has 7 nitrogen and oxygen atoms in total. The van der Waals surface area contributed by atoms with Gasteiger partial charge in [0.15, 0.2) is 5.69 Å². The Morgan fingerprint density at radius 3 is 3.00 bits per heavy atom. The summed E-state index contributed by atoms with van der Waals surface area (Å²) in [5.41, 5.74) is -0.0339. The second-order valence-corrected chi connectivity index (χ2v) is 4.44. The number of hydrogen-bond acceptors (Lipinski definition) is 5. The topological polar surface area (TPSA) is 89.3 Å². The number of rotatable bonds is 6. The third kappa shape index (κ3) is 3.78. The van der Waals surface area contributed by atoms with Gasteiger partial charge in [-0.15, -0.1) is 5.10 Å². The fourth-order valence-corrected chi connectivity index (χ4v) is 1.96. The number of carboxylic acid groups (broad SMARTS) is 1. The van der Waals surface area contributed by atoms with E-state index in [-0.39, 0.29) is 5.69 Å². The highest BCUT2D eigenvalue weighted by Crippen LogP contribution is 2.11. The largest absolute Gasteiger partial charge is 0.476 e. The third-order valence-corrected chi connectivity index (χ3v) is 3.03. The molecule has 0 unspecified atom stereocenters. The normalized spacial score (nSPS) is 16.9. The van der Waals surface area contributed by atoms with Crippen LogP contribution in [0.4, 0.5) is 0 Å². The predicted molar refractivity (Wildman–Crippen MR) is 63.4 cm³/mol. The highest BCUT2D eigenvalue weighted by molar-refractivity contribution is 5.84. The molecule has 1 aromatic heterocycles. The summed E-state index contributed by atoms with van der Waals surface area (Å²) >= 11 is 0. The fourth-order valence-electron chi connectivity index (χ4n) is 1.96. The summed E-state index contributed by atoms with van der Waals surface area (Å²) in [6.45, 7) is 3.97. The molecule has 1 aromatic rings. The van der Waals surface area contributed by atoms with Crippen LogP contribution in [-0.4, -0.2) is 52.4 Å². The van der Waals surface area contributed by atoms with Gasteiger partial charge in [0.1, 0.15) is 0 Å². The monoisotopic (exact) mass is 254 g/mol. The van der Waals surface area contributed by atoms with Crippen molar-refractivity contribution in [3.05, 3.63) is 11.9 Å². The number of nitrogens with zero attached hydrogens (tertiary/aromatic N) is 3. The minimum absolute atomic E-state index is 0.0339. The van der Waals surface area contributed by atoms with Crippen molar-refractivity contribution in [2.45, 2.75) is 19.4 Å². The molecule has 0 spiro atoms. The summed E-state index contributed by atoms with van der Waals surface area (Å²) in [6, 6.07) is 0. The molecule has 0 saturated carbocycles. The lowest BCUT2D eigenvalue weighted by molar-refractivity contribution is 0.0690. The van der Waals surface area contributed by atoms with Gasteiger partial charge in [-0.25, -0.2) is 9.48 Å². The summed E-state index contributed by atoms with van der Waals surface area (Å²) in [6.07, 6.45) is 3.73. The first-order valence-corrected chi connectivity index (χ1v) is 6.17. The van der Waals surface area contributed by atoms with E-state index in [4.69, 9.17) is 9.84 Å². The number of aromatic nitrogens is 3. The molecule has 0 bridgehead atoms. The average Bonchev–Trinajstić information content (AvgIpc) is 2.85. The zero-order valence-corrected chi connectivity index (χ0v) is 10.2. The standard InChI is InChI=1S/C11H18N4O3/c16-11(17)10-7-15(14-13-10)5-6-18-8-9-1-3-12-4-2-9/h7,9,12H,1-6,8H2,(H,16,17). The van der Waals surface area contributed by atoms with Gasteiger partial charge >= 0.3 is 5.97 Å². The molecule has 0 aliphatic carbocycles. The van der Waals surface area contributed by atoms with Crippen LogP contribution in [0.1, 0.15) is 23.3 Å². The number of carbonyl (C=O) groups is 1. The van der Waals surface area contributed by atoms with Gasteiger partial charge in [-0.1, -0.05) is 5.21 Å². The van der Waals surface area contributed by atoms with Crippen LogP contribution in [0, 0.1) is 5.92 Å². The van der Waals surface area contributed by atoms with Crippen LogP contribution in [0.2, 0.25) is 0 Å². The first-order chi connectivity index (χ1) is 8.75. The molecule has 2 N–H and O–H groups in total. The van der Waals surface area contributed by atoms with Gasteiger partial charge in [0, 0.05) is 6.61 Å². The van der Waals surface area contributed by atoms with Crippen LogP contribution in [0.25, 0.3) is 0 Å². The molecule has 1 fully saturated rings. The average molecular weight is 254 g/mol. The van der Waals surface area contributed by atoms with E-state index in [1.54, 1.807) is 0 Å². The summed E-state index contributed by atoms with van der Waals surface area (Å²) < 4.78 is 7.07. The quantitative estimate of drug-likeness (QED) is 0.694. The van der Waals surface area contributed by atoms with Crippen molar-refractivity contribution in [3.8, 4) is 0 Å². The molecule has 0 amide bonds. The minimum Gasteiger partial charge on any atom is -0.476 e. The van der Waals surface area contributed by atoms with Gasteiger partial charge in [-0.3, -0.25) is 0 Å². The molecular weight excluding hydrogens is 236 g/mol. The van der Waals surface area contributed by atoms with Crippen molar-refractivity contribution in [2.75, 3.05) is 26.3 Å². The number of carboxylic acids is 1. The van der Waals surface area contributed by atoms with Crippen molar-refractivity contribution in [2.24, 2.45) is 5.92 Å². The predicted octanol–water partition coefficient (Wildman–Crippen LogP) is -0.00750. The van der Waals surface area contributed by atoms with E-state index in [2.05, 4.69) is 15.6 Å². The van der Waals surface area contributed by atoms with Gasteiger partial charge in [-0.05, 0) is 31.8 Å². The maximum Gasteiger partial charge on any atom is 0.358 e. The summed E-state index contributed by atoms with van der Waals surface area (Å²) in [7, 11) is 0. The molecule has 18 heavy (non-hydrogen) atoms. The van der Waals surface area contributed by atoms with E-state index < -0.39 is 5.97 Å². The van der Waals surface area contributed by atoms with Crippen molar-refractivity contribution in [3.63, 3.8) is 0 Å². The first-order valence-electron chi connectivity index (χ1n) is 6.17. The van der Waals surface area contributed by atoms with Crippen molar-refractivity contribution < 1.29 is 14.6 Å². The molecular formula is C11H18N4O3. The highest BCUT2D eigenvalue weighted by atomic mass is 16.5. The zero-order chi connectivity index (χ0) is 12.8. The smallest absolute Gasteiger partial charge is 0.358 e. The van der Waals surface area contributed by atoms with Crippen LogP contribution in [0.5, 0.6) is 0 Å². The molecule has 2 rings (SSSR count). The van der Waals surface area contributed by atoms with Gasteiger partial charge in [-0.2, -0.15) is 0 Å². The van der Waals surface area contributed by atoms with E-state index in [0.717, 1.165) is 32.5 Å². The Hall–Kier alpha value is -1.47. The third-order valence-electron chi connectivity index (χ3n) is 3.03. The van der Waals surface area contributed by atoms with Crippen molar-refractivity contribution >= 4 is 5.97 Å². The molecule has 0 radical (unpaired) electrons. The Labute approximate surface area is 105 Å². The molecule has 7 heteroatoms. The van der Waals surface area contributed by atoms with Crippen LogP contribution in [0.15, 0.2) is 6.20 Å². The summed E-state index contributed by atoms with van der Waals surface area (Å²) in [5.74, 6) is -0.423. The summed E-state index contributed by atoms with van der Waals surface area (Å²) in [5, 5.41) is 19.2. The molecule has 1 aliphatic rings. The molecule has 0 atom stereocenters. The van der Waals surface area contributed by atoms with Gasteiger partial charge < -0.3 is 15.2 Å². The fraction of sp³-hybridized carbons (Fsp3) is 0.727. The van der Waals surface area contributed by atoms with E-state index in [0.29, 0.717) is 19.1 Å². The number of hydrogen-bond donors (Lipinski definition) is 2. The minimum atomic E-state index is -1.06. The lowest BCUT2D eigenvalue weighted by Crippen LogP contribution is -2.30. The second kappa shape index (κ2) is 6.46. The Balaban J connectivity index is 1.63. The van der Waals surface area contributed by atoms with Crippen molar-refractivity contribution in [1.29, 1.82) is 0 Å². The van der Waals surface area contributed by atoms with Crippen LogP contribution >= 0.6 is 0 Å². The van der Waals surface area contributed by atoms with Crippen molar-refractivity contribution in [1.82, 2.24) is 20.3 Å². The highest BCUT2D eigenvalue weighted by Gasteiger charge is 2.13. The number of piperidine rings is 1. The Morgan fingerprint density at radius 1 is 1.56 bits per heavy atom. The number of ether oxygens (including phenoxy) is 1. The number of nitrogens with one attached hydrogen (secondary N) is 1. The maximum atomic E-state index is 10.6. The van der Waals surface area contributed by atoms with E-state index in [1.807, 2.05) is 0 Å².